The molecular formula is C85H129FN10O30. The van der Waals surface area contributed by atoms with Gasteiger partial charge in [0.15, 0.2) is 5.60 Å². The van der Waals surface area contributed by atoms with E-state index < -0.39 is 115 Å². The minimum atomic E-state index is -2.07. The van der Waals surface area contributed by atoms with E-state index in [-0.39, 0.29) is 103 Å². The second kappa shape index (κ2) is 62.0. The maximum Gasteiger partial charge on any atom is 0.343 e. The molecule has 0 saturated heterocycles. The van der Waals surface area contributed by atoms with E-state index >= 15 is 4.39 Å². The fourth-order valence-electron chi connectivity index (χ4n) is 13.3. The third-order valence-electron chi connectivity index (χ3n) is 20.0. The van der Waals surface area contributed by atoms with Gasteiger partial charge < -0.3 is 147 Å². The first-order valence-corrected chi connectivity index (χ1v) is 42.7. The highest BCUT2D eigenvalue weighted by atomic mass is 19.1. The second-order valence-corrected chi connectivity index (χ2v) is 28.9. The zero-order valence-electron chi connectivity index (χ0n) is 73.0. The first-order valence-electron chi connectivity index (χ1n) is 42.7. The van der Waals surface area contributed by atoms with Gasteiger partial charge in [-0.15, -0.1) is 0 Å². The van der Waals surface area contributed by atoms with E-state index in [0.29, 0.717) is 248 Å². The number of nitrogens with two attached hydrogens (primary N) is 1. The summed E-state index contributed by atoms with van der Waals surface area (Å²) in [4.78, 5) is 127. The van der Waals surface area contributed by atoms with Crippen LogP contribution in [-0.2, 0) is 165 Å². The topological polar surface area (TPSA) is 478 Å². The molecular weight excluding hydrogens is 1660 g/mol. The average Bonchev–Trinajstić information content (AvgIpc) is 1.51. The Bertz CT molecular complexity index is 3910. The molecule has 0 bridgehead atoms. The number of pyridine rings is 2. The zero-order chi connectivity index (χ0) is 90.2. The molecule has 706 valence electrons. The normalized spacial score (nSPS) is 14.8. The summed E-state index contributed by atoms with van der Waals surface area (Å²) in [5.41, 5.74) is 8.02. The number of aliphatic hydroxyl groups is 1. The molecule has 7 rings (SSSR count). The predicted molar refractivity (Wildman–Crippen MR) is 449 cm³/mol. The Kier molecular flexibility index (Phi) is 51.5. The Morgan fingerprint density at radius 2 is 1.01 bits per heavy atom. The third kappa shape index (κ3) is 38.1. The van der Waals surface area contributed by atoms with Gasteiger partial charge in [0.25, 0.3) is 5.56 Å². The Balaban J connectivity index is 0.764. The molecule has 4 aromatic rings. The summed E-state index contributed by atoms with van der Waals surface area (Å²) in [6.07, 6.45) is 0.317. The smallest absolute Gasteiger partial charge is 0.343 e. The molecule has 7 amide bonds. The number of benzene rings is 2. The Hall–Kier alpha value is -8.35. The Morgan fingerprint density at radius 1 is 0.563 bits per heavy atom. The highest BCUT2D eigenvalue weighted by Crippen LogP contribution is 2.46. The van der Waals surface area contributed by atoms with E-state index in [0.717, 1.165) is 0 Å². The Morgan fingerprint density at radius 3 is 1.48 bits per heavy atom. The summed E-state index contributed by atoms with van der Waals surface area (Å²) in [6.45, 7) is 14.0. The lowest BCUT2D eigenvalue weighted by molar-refractivity contribution is -0.172. The summed E-state index contributed by atoms with van der Waals surface area (Å²) in [7, 11) is 3.24. The van der Waals surface area contributed by atoms with Crippen molar-refractivity contribution in [2.75, 3.05) is 285 Å². The van der Waals surface area contributed by atoms with Crippen LogP contribution in [-0.4, -0.2) is 364 Å². The van der Waals surface area contributed by atoms with Gasteiger partial charge >= 0.3 is 5.97 Å². The third-order valence-corrected chi connectivity index (χ3v) is 20.0. The fourth-order valence-corrected chi connectivity index (χ4v) is 13.3. The molecule has 2 aromatic heterocycles. The number of nitrogens with zero attached hydrogens (tertiary/aromatic N) is 3. The van der Waals surface area contributed by atoms with Gasteiger partial charge in [0.1, 0.15) is 31.8 Å². The van der Waals surface area contributed by atoms with Crippen LogP contribution in [0, 0.1) is 12.7 Å². The van der Waals surface area contributed by atoms with Crippen LogP contribution in [0.25, 0.3) is 22.3 Å². The van der Waals surface area contributed by atoms with Gasteiger partial charge in [-0.3, -0.25) is 38.4 Å². The maximum atomic E-state index is 15.5. The van der Waals surface area contributed by atoms with Gasteiger partial charge in [0, 0.05) is 62.7 Å². The van der Waals surface area contributed by atoms with Crippen molar-refractivity contribution in [1.82, 2.24) is 46.4 Å². The number of fused-ring (bicyclic) bond motifs is 5. The van der Waals surface area contributed by atoms with E-state index in [1.807, 2.05) is 0 Å². The number of aryl methyl sites for hydroxylation is 1. The van der Waals surface area contributed by atoms with Crippen molar-refractivity contribution in [2.24, 2.45) is 5.73 Å². The van der Waals surface area contributed by atoms with Crippen LogP contribution >= 0.6 is 0 Å². The number of rotatable bonds is 74. The average molecular weight is 1790 g/mol. The highest BCUT2D eigenvalue weighted by molar-refractivity contribution is 5.95. The minimum absolute atomic E-state index is 0.0130. The predicted octanol–water partition coefficient (Wildman–Crippen LogP) is -0.708. The molecule has 9 N–H and O–H groups in total. The van der Waals surface area contributed by atoms with Crippen LogP contribution in [0.1, 0.15) is 77.6 Å². The van der Waals surface area contributed by atoms with Crippen molar-refractivity contribution in [3.8, 4) is 11.4 Å². The molecule has 0 unspecified atom stereocenters. The number of halogens is 1. The van der Waals surface area contributed by atoms with E-state index in [2.05, 4.69) is 31.9 Å². The molecule has 0 fully saturated rings. The number of ether oxygens (including phenoxy) is 20. The molecule has 1 aliphatic carbocycles. The van der Waals surface area contributed by atoms with E-state index in [9.17, 15) is 48.3 Å². The number of cyclic esters (lactones) is 1. The molecule has 4 heterocycles. The van der Waals surface area contributed by atoms with Gasteiger partial charge in [-0.05, 0) is 60.9 Å². The number of amides is 7. The summed E-state index contributed by atoms with van der Waals surface area (Å²) < 4.78 is 126. The monoisotopic (exact) mass is 1790 g/mol. The van der Waals surface area contributed by atoms with Crippen molar-refractivity contribution >= 4 is 58.2 Å². The fraction of sp³-hybridized carbons (Fsp3) is 0.671. The van der Waals surface area contributed by atoms with Crippen molar-refractivity contribution < 1.29 is 143 Å². The first kappa shape index (κ1) is 105. The molecule has 4 atom stereocenters. The van der Waals surface area contributed by atoms with Crippen LogP contribution < -0.4 is 43.2 Å². The quantitative estimate of drug-likeness (QED) is 0.0135. The summed E-state index contributed by atoms with van der Waals surface area (Å²) in [6, 6.07) is 8.54. The van der Waals surface area contributed by atoms with Crippen LogP contribution in [0.15, 0.2) is 47.3 Å². The maximum absolute atomic E-state index is 15.5. The van der Waals surface area contributed by atoms with E-state index in [4.69, 9.17) is 105 Å². The summed E-state index contributed by atoms with van der Waals surface area (Å²) >= 11 is 0. The van der Waals surface area contributed by atoms with Crippen LogP contribution in [0.4, 0.5) is 4.39 Å². The van der Waals surface area contributed by atoms with Crippen molar-refractivity contribution in [2.45, 2.75) is 89.3 Å². The van der Waals surface area contributed by atoms with Gasteiger partial charge in [0.2, 0.25) is 41.4 Å². The van der Waals surface area contributed by atoms with Gasteiger partial charge in [-0.25, -0.2) is 14.2 Å². The number of hydrogen-bond acceptors (Lipinski definition) is 32. The molecule has 0 spiro atoms. The van der Waals surface area contributed by atoms with E-state index in [1.165, 1.54) is 15.5 Å². The lowest BCUT2D eigenvalue weighted by Crippen LogP contribution is -2.52. The number of methoxy groups -OCH3 is 2. The van der Waals surface area contributed by atoms with Gasteiger partial charge in [-0.2, -0.15) is 0 Å². The van der Waals surface area contributed by atoms with Crippen LogP contribution in [0.3, 0.4) is 0 Å². The van der Waals surface area contributed by atoms with Crippen molar-refractivity contribution in [3.63, 3.8) is 0 Å². The summed E-state index contributed by atoms with van der Waals surface area (Å²) in [5.74, 6) is -5.98. The molecule has 40 nitrogen and oxygen atoms in total. The molecule has 126 heavy (non-hydrogen) atoms. The number of nitrogens with one attached hydrogen (secondary N) is 6. The molecule has 0 saturated carbocycles. The summed E-state index contributed by atoms with van der Waals surface area (Å²) in [5, 5.41) is 27.5. The Labute approximate surface area is 733 Å². The number of hydrogen-bond donors (Lipinski definition) is 8. The molecule has 3 aliphatic rings. The SMILES string of the molecule is CC[C@@]1(O)C(=O)OCc2c1cc1n(c2=O)Cc2c-1nc1cc(F)c(C)c3c1c2[C@@H](NC(=O)COCNC(=O)CNC(=O)[C@H](Cc1ccccc1)NC(=O)CNC(=O)CNC(=O)CC[C@H](N)C(=O)N(CCOCCOCCOCCOCCOCCOCCOCCOCCOC)CCOCCOCCOCCOCCOCCOCCOCCOCCOC)CC3. The number of carbonyl (C=O) groups excluding carboxylic acids is 8. The number of carbonyl (C=O) groups is 8. The zero-order valence-corrected chi connectivity index (χ0v) is 73.0. The number of esters is 1. The lowest BCUT2D eigenvalue weighted by Gasteiger charge is -2.31. The van der Waals surface area contributed by atoms with Gasteiger partial charge in [-0.1, -0.05) is 37.3 Å². The van der Waals surface area contributed by atoms with Crippen LogP contribution in [0.2, 0.25) is 0 Å². The minimum Gasteiger partial charge on any atom is -0.458 e. The lowest BCUT2D eigenvalue weighted by atomic mass is 9.81. The van der Waals surface area contributed by atoms with Crippen molar-refractivity contribution in [1.29, 1.82) is 0 Å². The molecule has 41 heteroatoms. The van der Waals surface area contributed by atoms with Gasteiger partial charge in [0.05, 0.1) is 285 Å². The highest BCUT2D eigenvalue weighted by Gasteiger charge is 2.46. The number of aromatic nitrogens is 2. The first-order chi connectivity index (χ1) is 61.4. The van der Waals surface area contributed by atoms with Crippen LogP contribution in [0.5, 0.6) is 0 Å². The van der Waals surface area contributed by atoms with Crippen molar-refractivity contribution in [3.05, 3.63) is 97.6 Å². The largest absolute Gasteiger partial charge is 0.458 e. The second-order valence-electron chi connectivity index (χ2n) is 28.9. The molecule has 2 aliphatic heterocycles. The van der Waals surface area contributed by atoms with E-state index in [1.54, 1.807) is 64.5 Å². The standard InChI is InChI=1S/C85H129FN10O30/c1-5-85(106)66-52-72-80-64(57-96(72)82(103)65(66)58-126-84(85)105)79-69(13-11-63-61(2)67(86)53-70(94-80)78(63)79)92-77(101)59-125-60-91-75(99)55-90-81(102)71(51-62-9-7-6-8-10-62)93-76(100)56-89-74(98)54-88-73(97)14-12-68(87)83(104)95(15-17-109-23-25-113-31-33-117-39-41-121-47-49-123-45-43-119-37-35-115-29-27-111-21-19-107-3)16-18-110-24-26-114-32-34-118-40-42-122-48-50-124-46-44-120-38-36-116-30-28-112-22-20-108-4/h6-10,52-53,68-69,71,106H,5,11-51,54-60,87H2,1-4H3,(H,88,97)(H,89,98)(H,90,102)(H,91,99)(H,92,101)(H,93,100)/t68-,69-,71-,85-/m0/s1. The molecule has 0 radical (unpaired) electrons. The molecule has 2 aromatic carbocycles.